The van der Waals surface area contributed by atoms with E-state index in [1.807, 2.05) is 6.92 Å². The van der Waals surface area contributed by atoms with E-state index in [-0.39, 0.29) is 11.0 Å². The number of nitrogens with one attached hydrogen (secondary N) is 1. The van der Waals surface area contributed by atoms with Crippen molar-refractivity contribution in [3.8, 4) is 0 Å². The highest BCUT2D eigenvalue weighted by Crippen LogP contribution is 2.19. The minimum absolute atomic E-state index is 0.132. The molecule has 0 bridgehead atoms. The third-order valence-electron chi connectivity index (χ3n) is 3.23. The second-order valence-electron chi connectivity index (χ2n) is 5.57. The molecule has 0 fully saturated rings. The molecule has 0 radical (unpaired) electrons. The predicted octanol–water partition coefficient (Wildman–Crippen LogP) is 2.58. The second kappa shape index (κ2) is 7.04. The number of hydrogen-bond donors (Lipinski definition) is 1. The molecule has 0 saturated carbocycles. The van der Waals surface area contributed by atoms with E-state index in [9.17, 15) is 13.2 Å². The van der Waals surface area contributed by atoms with E-state index in [2.05, 4.69) is 9.82 Å². The fourth-order valence-corrected chi connectivity index (χ4v) is 3.34. The number of aryl methyl sites for hydroxylation is 2. The maximum Gasteiger partial charge on any atom is 0.338 e. The quantitative estimate of drug-likeness (QED) is 0.808. The van der Waals surface area contributed by atoms with Crippen molar-refractivity contribution in [1.82, 2.24) is 9.78 Å². The number of anilines is 1. The van der Waals surface area contributed by atoms with Crippen molar-refractivity contribution >= 4 is 21.7 Å². The maximum atomic E-state index is 12.5. The molecule has 0 saturated heterocycles. The number of sulfonamides is 1. The summed E-state index contributed by atoms with van der Waals surface area (Å²) in [5.74, 6) is -0.445. The fraction of sp³-hybridized carbons (Fsp3) is 0.375. The van der Waals surface area contributed by atoms with Crippen LogP contribution < -0.4 is 4.72 Å². The summed E-state index contributed by atoms with van der Waals surface area (Å²) >= 11 is 0. The number of rotatable bonds is 6. The van der Waals surface area contributed by atoms with E-state index < -0.39 is 16.0 Å². The smallest absolute Gasteiger partial charge is 0.338 e. The van der Waals surface area contributed by atoms with Gasteiger partial charge < -0.3 is 4.74 Å². The summed E-state index contributed by atoms with van der Waals surface area (Å²) in [6.07, 6.45) is 1.28. The van der Waals surface area contributed by atoms with Crippen LogP contribution in [-0.4, -0.2) is 30.3 Å². The number of hydrogen-bond acceptors (Lipinski definition) is 5. The van der Waals surface area contributed by atoms with E-state index in [1.54, 1.807) is 25.5 Å². The van der Waals surface area contributed by atoms with E-state index in [1.165, 1.54) is 30.5 Å². The molecule has 1 heterocycles. The standard InChI is InChI=1S/C16H21N3O4S/c1-5-19-10-15(12(4)17-19)24(21,22)18-14-8-6-13(7-9-14)16(20)23-11(2)3/h6-11,18H,5H2,1-4H3. The molecule has 2 rings (SSSR count). The van der Waals surface area contributed by atoms with Crippen LogP contribution in [-0.2, 0) is 21.3 Å². The highest BCUT2D eigenvalue weighted by molar-refractivity contribution is 7.92. The first-order valence-corrected chi connectivity index (χ1v) is 9.09. The number of carbonyl (C=O) groups is 1. The molecule has 1 aromatic heterocycles. The van der Waals surface area contributed by atoms with Crippen LogP contribution in [0, 0.1) is 6.92 Å². The Morgan fingerprint density at radius 1 is 1.29 bits per heavy atom. The molecule has 0 unspecified atom stereocenters. The van der Waals surface area contributed by atoms with Gasteiger partial charge in [-0.1, -0.05) is 0 Å². The average Bonchev–Trinajstić information content (AvgIpc) is 2.89. The monoisotopic (exact) mass is 351 g/mol. The van der Waals surface area contributed by atoms with Crippen molar-refractivity contribution in [3.63, 3.8) is 0 Å². The average molecular weight is 351 g/mol. The fourth-order valence-electron chi connectivity index (χ4n) is 2.09. The molecule has 7 nitrogen and oxygen atoms in total. The molecule has 0 atom stereocenters. The zero-order chi connectivity index (χ0) is 17.9. The highest BCUT2D eigenvalue weighted by atomic mass is 32.2. The topological polar surface area (TPSA) is 90.3 Å². The number of esters is 1. The Labute approximate surface area is 141 Å². The molecular formula is C16H21N3O4S. The summed E-state index contributed by atoms with van der Waals surface area (Å²) in [6, 6.07) is 6.08. The van der Waals surface area contributed by atoms with Crippen LogP contribution in [0.2, 0.25) is 0 Å². The van der Waals surface area contributed by atoms with E-state index in [4.69, 9.17) is 4.74 Å². The summed E-state index contributed by atoms with van der Waals surface area (Å²) < 4.78 is 34.1. The van der Waals surface area contributed by atoms with Gasteiger partial charge in [0.1, 0.15) is 4.90 Å². The number of aromatic nitrogens is 2. The van der Waals surface area contributed by atoms with Crippen molar-refractivity contribution in [3.05, 3.63) is 41.7 Å². The summed E-state index contributed by atoms with van der Waals surface area (Å²) in [4.78, 5) is 11.9. The predicted molar refractivity (Wildman–Crippen MR) is 90.4 cm³/mol. The maximum absolute atomic E-state index is 12.5. The van der Waals surface area contributed by atoms with Crippen LogP contribution in [0.3, 0.4) is 0 Å². The van der Waals surface area contributed by atoms with Crippen LogP contribution in [0.5, 0.6) is 0 Å². The van der Waals surface area contributed by atoms with Gasteiger partial charge in [0, 0.05) is 18.4 Å². The molecule has 130 valence electrons. The molecule has 8 heteroatoms. The first-order valence-electron chi connectivity index (χ1n) is 7.61. The SMILES string of the molecule is CCn1cc(S(=O)(=O)Nc2ccc(C(=O)OC(C)C)cc2)c(C)n1. The van der Waals surface area contributed by atoms with Crippen LogP contribution in [0.15, 0.2) is 35.4 Å². The first-order chi connectivity index (χ1) is 11.2. The Morgan fingerprint density at radius 3 is 2.42 bits per heavy atom. The van der Waals surface area contributed by atoms with Crippen LogP contribution >= 0.6 is 0 Å². The van der Waals surface area contributed by atoms with E-state index in [0.29, 0.717) is 23.5 Å². The van der Waals surface area contributed by atoms with Crippen molar-refractivity contribution in [2.24, 2.45) is 0 Å². The Hall–Kier alpha value is -2.35. The third kappa shape index (κ3) is 4.14. The van der Waals surface area contributed by atoms with Gasteiger partial charge >= 0.3 is 5.97 Å². The minimum atomic E-state index is -3.73. The van der Waals surface area contributed by atoms with Gasteiger partial charge in [0.05, 0.1) is 17.4 Å². The third-order valence-corrected chi connectivity index (χ3v) is 4.71. The normalized spacial score (nSPS) is 11.5. The van der Waals surface area contributed by atoms with Crippen molar-refractivity contribution in [2.45, 2.75) is 45.2 Å². The zero-order valence-electron chi connectivity index (χ0n) is 14.1. The van der Waals surface area contributed by atoms with Gasteiger partial charge in [-0.2, -0.15) is 5.10 Å². The Kier molecular flexibility index (Phi) is 5.28. The molecule has 1 aromatic carbocycles. The highest BCUT2D eigenvalue weighted by Gasteiger charge is 2.20. The molecule has 0 aliphatic rings. The van der Waals surface area contributed by atoms with Crippen molar-refractivity contribution < 1.29 is 17.9 Å². The molecule has 0 spiro atoms. The number of carbonyl (C=O) groups excluding carboxylic acids is 1. The summed E-state index contributed by atoms with van der Waals surface area (Å²) in [7, 11) is -3.73. The molecular weight excluding hydrogens is 330 g/mol. The molecule has 0 aliphatic heterocycles. The second-order valence-corrected chi connectivity index (χ2v) is 7.22. The Morgan fingerprint density at radius 2 is 1.92 bits per heavy atom. The Balaban J connectivity index is 2.18. The summed E-state index contributed by atoms with van der Waals surface area (Å²) in [5.41, 5.74) is 1.16. The summed E-state index contributed by atoms with van der Waals surface area (Å²) in [5, 5.41) is 4.14. The Bertz CT molecular complexity index is 824. The van der Waals surface area contributed by atoms with Crippen LogP contribution in [0.25, 0.3) is 0 Å². The molecule has 0 amide bonds. The van der Waals surface area contributed by atoms with Crippen LogP contribution in [0.4, 0.5) is 5.69 Å². The minimum Gasteiger partial charge on any atom is -0.459 e. The van der Waals surface area contributed by atoms with Gasteiger partial charge in [-0.25, -0.2) is 13.2 Å². The lowest BCUT2D eigenvalue weighted by molar-refractivity contribution is 0.0378. The van der Waals surface area contributed by atoms with E-state index in [0.717, 1.165) is 0 Å². The van der Waals surface area contributed by atoms with Gasteiger partial charge in [-0.3, -0.25) is 9.40 Å². The van der Waals surface area contributed by atoms with E-state index >= 15 is 0 Å². The molecule has 2 aromatic rings. The molecule has 0 aliphatic carbocycles. The zero-order valence-corrected chi connectivity index (χ0v) is 14.9. The van der Waals surface area contributed by atoms with Gasteiger partial charge in [-0.15, -0.1) is 0 Å². The van der Waals surface area contributed by atoms with Crippen molar-refractivity contribution in [1.29, 1.82) is 0 Å². The molecule has 24 heavy (non-hydrogen) atoms. The lowest BCUT2D eigenvalue weighted by Gasteiger charge is -2.09. The molecule has 1 N–H and O–H groups in total. The number of nitrogens with zero attached hydrogens (tertiary/aromatic N) is 2. The summed E-state index contributed by atoms with van der Waals surface area (Å²) in [6.45, 7) is 7.64. The first kappa shape index (κ1) is 18.0. The lowest BCUT2D eigenvalue weighted by Crippen LogP contribution is -2.14. The van der Waals surface area contributed by atoms with Gasteiger partial charge in [-0.05, 0) is 52.0 Å². The van der Waals surface area contributed by atoms with Crippen LogP contribution in [0.1, 0.15) is 36.8 Å². The van der Waals surface area contributed by atoms with Gasteiger partial charge in [0.2, 0.25) is 0 Å². The van der Waals surface area contributed by atoms with Gasteiger partial charge in [0.25, 0.3) is 10.0 Å². The van der Waals surface area contributed by atoms with Crippen molar-refractivity contribution in [2.75, 3.05) is 4.72 Å². The largest absolute Gasteiger partial charge is 0.459 e. The number of ether oxygens (including phenoxy) is 1. The number of benzene rings is 1. The van der Waals surface area contributed by atoms with Gasteiger partial charge in [0.15, 0.2) is 0 Å². The lowest BCUT2D eigenvalue weighted by atomic mass is 10.2.